The third-order valence-corrected chi connectivity index (χ3v) is 4.86. The van der Waals surface area contributed by atoms with Crippen molar-refractivity contribution in [1.29, 1.82) is 0 Å². The van der Waals surface area contributed by atoms with Crippen molar-refractivity contribution >= 4 is 5.91 Å². The maximum atomic E-state index is 13.5. The molecule has 0 spiro atoms. The minimum absolute atomic E-state index is 0.000548. The van der Waals surface area contributed by atoms with Gasteiger partial charge in [-0.15, -0.1) is 0 Å². The van der Waals surface area contributed by atoms with Gasteiger partial charge in [-0.1, -0.05) is 24.3 Å². The van der Waals surface area contributed by atoms with Gasteiger partial charge in [0.2, 0.25) is 5.91 Å². The van der Waals surface area contributed by atoms with Gasteiger partial charge in [0.1, 0.15) is 11.6 Å². The molecule has 0 fully saturated rings. The zero-order chi connectivity index (χ0) is 20.1. The Labute approximate surface area is 163 Å². The second-order valence-electron chi connectivity index (χ2n) is 7.13. The summed E-state index contributed by atoms with van der Waals surface area (Å²) in [5.74, 6) is -1.55. The minimum Gasteiger partial charge on any atom is -0.375 e. The molecule has 3 atom stereocenters. The molecule has 1 heterocycles. The molecule has 1 amide bonds. The van der Waals surface area contributed by atoms with Crippen LogP contribution in [0.15, 0.2) is 42.5 Å². The zero-order valence-corrected chi connectivity index (χ0v) is 15.8. The van der Waals surface area contributed by atoms with Crippen LogP contribution < -0.4 is 16.4 Å². The number of rotatable bonds is 7. The second-order valence-corrected chi connectivity index (χ2v) is 7.13. The van der Waals surface area contributed by atoms with E-state index in [1.807, 2.05) is 18.2 Å². The Morgan fingerprint density at radius 1 is 1.25 bits per heavy atom. The molecular formula is C21H25F2N3O2. The Bertz CT molecular complexity index is 811. The lowest BCUT2D eigenvalue weighted by atomic mass is 9.97. The fourth-order valence-electron chi connectivity index (χ4n) is 3.52. The van der Waals surface area contributed by atoms with E-state index in [4.69, 9.17) is 10.5 Å². The second kappa shape index (κ2) is 9.23. The first-order valence-corrected chi connectivity index (χ1v) is 9.29. The van der Waals surface area contributed by atoms with Crippen LogP contribution in [-0.2, 0) is 22.6 Å². The first kappa shape index (κ1) is 20.4. The molecule has 2 aromatic carbocycles. The van der Waals surface area contributed by atoms with Crippen molar-refractivity contribution in [3.63, 3.8) is 0 Å². The number of nitrogens with one attached hydrogen (secondary N) is 2. The predicted octanol–water partition coefficient (Wildman–Crippen LogP) is 2.20. The van der Waals surface area contributed by atoms with Gasteiger partial charge in [-0.2, -0.15) is 0 Å². The van der Waals surface area contributed by atoms with Crippen molar-refractivity contribution in [2.24, 2.45) is 5.73 Å². The van der Waals surface area contributed by atoms with E-state index in [1.165, 1.54) is 24.6 Å². The number of ether oxygens (including phenoxy) is 1. The van der Waals surface area contributed by atoms with Gasteiger partial charge in [0, 0.05) is 31.6 Å². The van der Waals surface area contributed by atoms with Gasteiger partial charge in [-0.3, -0.25) is 4.79 Å². The summed E-state index contributed by atoms with van der Waals surface area (Å²) in [7, 11) is 0. The van der Waals surface area contributed by atoms with E-state index in [9.17, 15) is 13.6 Å². The number of carbonyl (C=O) groups is 1. The summed E-state index contributed by atoms with van der Waals surface area (Å²) in [5, 5.41) is 6.18. The molecule has 3 rings (SSSR count). The molecule has 0 saturated carbocycles. The SMILES string of the molecule is CC(=O)N[C@@H](Cc1cc(F)cc(F)c1)[C@H](N)CN[C@H]1COCc2ccccc21. The van der Waals surface area contributed by atoms with E-state index in [2.05, 4.69) is 16.7 Å². The summed E-state index contributed by atoms with van der Waals surface area (Å²) in [6.07, 6.45) is 0.231. The van der Waals surface area contributed by atoms with Gasteiger partial charge in [-0.25, -0.2) is 8.78 Å². The van der Waals surface area contributed by atoms with Crippen LogP contribution in [0.2, 0.25) is 0 Å². The molecule has 28 heavy (non-hydrogen) atoms. The van der Waals surface area contributed by atoms with Crippen molar-refractivity contribution in [3.8, 4) is 0 Å². The van der Waals surface area contributed by atoms with Gasteiger partial charge in [0.15, 0.2) is 0 Å². The number of halogens is 2. The van der Waals surface area contributed by atoms with E-state index in [1.54, 1.807) is 0 Å². The van der Waals surface area contributed by atoms with Crippen LogP contribution in [0.5, 0.6) is 0 Å². The summed E-state index contributed by atoms with van der Waals surface area (Å²) in [6.45, 7) is 2.92. The van der Waals surface area contributed by atoms with Crippen LogP contribution in [0.25, 0.3) is 0 Å². The average molecular weight is 389 g/mol. The number of carbonyl (C=O) groups excluding carboxylic acids is 1. The number of fused-ring (bicyclic) bond motifs is 1. The van der Waals surface area contributed by atoms with Gasteiger partial charge in [0.25, 0.3) is 0 Å². The Morgan fingerprint density at radius 2 is 1.96 bits per heavy atom. The largest absolute Gasteiger partial charge is 0.375 e. The third-order valence-electron chi connectivity index (χ3n) is 4.86. The molecule has 1 aliphatic heterocycles. The molecule has 0 bridgehead atoms. The summed E-state index contributed by atoms with van der Waals surface area (Å²) >= 11 is 0. The smallest absolute Gasteiger partial charge is 0.217 e. The van der Waals surface area contributed by atoms with Gasteiger partial charge in [0.05, 0.1) is 19.3 Å². The van der Waals surface area contributed by atoms with Crippen molar-refractivity contribution < 1.29 is 18.3 Å². The van der Waals surface area contributed by atoms with Crippen molar-refractivity contribution in [2.45, 2.75) is 38.1 Å². The molecular weight excluding hydrogens is 364 g/mol. The summed E-state index contributed by atoms with van der Waals surface area (Å²) in [4.78, 5) is 11.6. The van der Waals surface area contributed by atoms with E-state index in [0.29, 0.717) is 25.3 Å². The van der Waals surface area contributed by atoms with E-state index in [0.717, 1.165) is 11.6 Å². The highest BCUT2D eigenvalue weighted by Gasteiger charge is 2.24. The van der Waals surface area contributed by atoms with Gasteiger partial charge >= 0.3 is 0 Å². The quantitative estimate of drug-likeness (QED) is 0.679. The molecule has 0 aliphatic carbocycles. The summed E-state index contributed by atoms with van der Waals surface area (Å²) < 4.78 is 32.6. The molecule has 2 aromatic rings. The number of hydrogen-bond acceptors (Lipinski definition) is 4. The zero-order valence-electron chi connectivity index (χ0n) is 15.8. The maximum Gasteiger partial charge on any atom is 0.217 e. The van der Waals surface area contributed by atoms with Crippen LogP contribution >= 0.6 is 0 Å². The van der Waals surface area contributed by atoms with Crippen LogP contribution in [0.4, 0.5) is 8.78 Å². The molecule has 7 heteroatoms. The average Bonchev–Trinajstić information content (AvgIpc) is 2.64. The highest BCUT2D eigenvalue weighted by molar-refractivity contribution is 5.73. The molecule has 1 aliphatic rings. The molecule has 0 saturated heterocycles. The lowest BCUT2D eigenvalue weighted by molar-refractivity contribution is -0.119. The standard InChI is InChI=1S/C21H25F2N3O2/c1-13(27)26-20(8-14-6-16(22)9-17(23)7-14)19(24)10-25-21-12-28-11-15-4-2-3-5-18(15)21/h2-7,9,19-21,25H,8,10-12,24H2,1H3,(H,26,27)/t19-,20+,21+/m1/s1. The first-order valence-electron chi connectivity index (χ1n) is 9.29. The minimum atomic E-state index is -0.653. The number of benzene rings is 2. The highest BCUT2D eigenvalue weighted by Crippen LogP contribution is 2.24. The van der Waals surface area contributed by atoms with Crippen LogP contribution in [0.3, 0.4) is 0 Å². The van der Waals surface area contributed by atoms with Crippen LogP contribution in [0, 0.1) is 11.6 Å². The fourth-order valence-corrected chi connectivity index (χ4v) is 3.52. The third kappa shape index (κ3) is 5.34. The maximum absolute atomic E-state index is 13.5. The molecule has 150 valence electrons. The molecule has 0 unspecified atom stereocenters. The molecule has 5 nitrogen and oxygen atoms in total. The fraction of sp³-hybridized carbons (Fsp3) is 0.381. The molecule has 0 aromatic heterocycles. The van der Waals surface area contributed by atoms with Crippen molar-refractivity contribution in [1.82, 2.24) is 10.6 Å². The van der Waals surface area contributed by atoms with Crippen molar-refractivity contribution in [3.05, 3.63) is 70.8 Å². The lowest BCUT2D eigenvalue weighted by Gasteiger charge is -2.30. The van der Waals surface area contributed by atoms with Gasteiger partial charge < -0.3 is 21.1 Å². The summed E-state index contributed by atoms with van der Waals surface area (Å²) in [5.41, 5.74) is 9.07. The Kier molecular flexibility index (Phi) is 6.72. The van der Waals surface area contributed by atoms with Crippen LogP contribution in [-0.4, -0.2) is 31.1 Å². The normalized spacial score (nSPS) is 18.2. The Hall–Kier alpha value is -2.35. The number of hydrogen-bond donors (Lipinski definition) is 3. The number of amides is 1. The predicted molar refractivity (Wildman–Crippen MR) is 102 cm³/mol. The Morgan fingerprint density at radius 3 is 2.68 bits per heavy atom. The first-order chi connectivity index (χ1) is 13.4. The molecule has 0 radical (unpaired) electrons. The van der Waals surface area contributed by atoms with Gasteiger partial charge in [-0.05, 0) is 35.2 Å². The monoisotopic (exact) mass is 389 g/mol. The van der Waals surface area contributed by atoms with Crippen LogP contribution in [0.1, 0.15) is 29.7 Å². The lowest BCUT2D eigenvalue weighted by Crippen LogP contribution is -2.53. The molecule has 4 N–H and O–H groups in total. The summed E-state index contributed by atoms with van der Waals surface area (Å²) in [6, 6.07) is 10.4. The topological polar surface area (TPSA) is 76.4 Å². The number of nitrogens with two attached hydrogens (primary N) is 1. The van der Waals surface area contributed by atoms with Crippen molar-refractivity contribution in [2.75, 3.05) is 13.2 Å². The van der Waals surface area contributed by atoms with E-state index >= 15 is 0 Å². The van der Waals surface area contributed by atoms with E-state index in [-0.39, 0.29) is 18.4 Å². The highest BCUT2D eigenvalue weighted by atomic mass is 19.1. The van der Waals surface area contributed by atoms with E-state index < -0.39 is 23.7 Å². The Balaban J connectivity index is 1.66.